The number of hydrogen-bond donors (Lipinski definition) is 3. The van der Waals surface area contributed by atoms with E-state index in [1.54, 1.807) is 6.92 Å². The van der Waals surface area contributed by atoms with Crippen LogP contribution in [0.3, 0.4) is 0 Å². The van der Waals surface area contributed by atoms with E-state index in [2.05, 4.69) is 15.3 Å². The fourth-order valence-corrected chi connectivity index (χ4v) is 1.35. The van der Waals surface area contributed by atoms with E-state index in [0.717, 1.165) is 0 Å². The topological polar surface area (TPSA) is 101 Å². The Morgan fingerprint density at radius 2 is 2.38 bits per heavy atom. The second-order valence-electron chi connectivity index (χ2n) is 3.65. The Labute approximate surface area is 93.3 Å². The number of rotatable bonds is 5. The summed E-state index contributed by atoms with van der Waals surface area (Å²) < 4.78 is 0. The Balaban J connectivity index is 2.76. The Bertz CT molecular complexity index is 427. The van der Waals surface area contributed by atoms with Crippen LogP contribution in [0.25, 0.3) is 0 Å². The zero-order valence-electron chi connectivity index (χ0n) is 9.41. The molecular formula is C10H16N4O2. The molecule has 0 radical (unpaired) electrons. The molecule has 0 saturated carbocycles. The molecule has 0 saturated heterocycles. The molecule has 4 N–H and O–H groups in total. The average molecular weight is 224 g/mol. The van der Waals surface area contributed by atoms with Gasteiger partial charge >= 0.3 is 0 Å². The first-order chi connectivity index (χ1) is 7.51. The van der Waals surface area contributed by atoms with Crippen LogP contribution in [0.5, 0.6) is 0 Å². The molecule has 0 aliphatic heterocycles. The van der Waals surface area contributed by atoms with Crippen LogP contribution in [0.4, 0.5) is 5.82 Å². The number of carbonyl (C=O) groups is 1. The number of aromatic nitrogens is 2. The van der Waals surface area contributed by atoms with Crippen molar-refractivity contribution in [2.45, 2.75) is 32.7 Å². The number of anilines is 1. The van der Waals surface area contributed by atoms with Crippen LogP contribution < -0.4 is 16.6 Å². The van der Waals surface area contributed by atoms with Crippen molar-refractivity contribution in [1.29, 1.82) is 0 Å². The van der Waals surface area contributed by atoms with Gasteiger partial charge in [-0.25, -0.2) is 4.98 Å². The van der Waals surface area contributed by atoms with E-state index in [0.29, 0.717) is 18.1 Å². The molecule has 88 valence electrons. The van der Waals surface area contributed by atoms with Gasteiger partial charge in [-0.05, 0) is 6.92 Å². The molecule has 1 amide bonds. The summed E-state index contributed by atoms with van der Waals surface area (Å²) in [5.41, 5.74) is 4.86. The third-order valence-electron chi connectivity index (χ3n) is 2.03. The minimum absolute atomic E-state index is 0.142. The lowest BCUT2D eigenvalue weighted by Gasteiger charge is -2.12. The number of nitrogens with two attached hydrogens (primary N) is 1. The maximum Gasteiger partial charge on any atom is 0.252 e. The van der Waals surface area contributed by atoms with Gasteiger partial charge in [-0.2, -0.15) is 0 Å². The van der Waals surface area contributed by atoms with Gasteiger partial charge in [-0.3, -0.25) is 9.59 Å². The molecule has 6 heteroatoms. The number of aryl methyl sites for hydroxylation is 1. The SMILES string of the molecule is CCc1nc(NC(C)CC(N)=O)cc(=O)[nH]1. The van der Waals surface area contributed by atoms with Gasteiger partial charge < -0.3 is 16.0 Å². The highest BCUT2D eigenvalue weighted by molar-refractivity contribution is 5.74. The van der Waals surface area contributed by atoms with Gasteiger partial charge in [0, 0.05) is 24.9 Å². The third kappa shape index (κ3) is 3.72. The first kappa shape index (κ1) is 12.2. The predicted molar refractivity (Wildman–Crippen MR) is 61.1 cm³/mol. The molecule has 6 nitrogen and oxygen atoms in total. The number of primary amides is 1. The first-order valence-corrected chi connectivity index (χ1v) is 5.16. The molecule has 0 aromatic carbocycles. The van der Waals surface area contributed by atoms with Crippen molar-refractivity contribution in [1.82, 2.24) is 9.97 Å². The molecule has 0 aliphatic carbocycles. The summed E-state index contributed by atoms with van der Waals surface area (Å²) in [6.07, 6.45) is 0.852. The van der Waals surface area contributed by atoms with Crippen LogP contribution in [0, 0.1) is 0 Å². The maximum atomic E-state index is 11.2. The normalized spacial score (nSPS) is 12.1. The van der Waals surface area contributed by atoms with E-state index < -0.39 is 0 Å². The van der Waals surface area contributed by atoms with E-state index in [1.165, 1.54) is 6.07 Å². The van der Waals surface area contributed by atoms with Gasteiger partial charge in [0.1, 0.15) is 11.6 Å². The fraction of sp³-hybridized carbons (Fsp3) is 0.500. The van der Waals surface area contributed by atoms with Gasteiger partial charge in [0.05, 0.1) is 0 Å². The predicted octanol–water partition coefficient (Wildman–Crippen LogP) is 0.00810. The van der Waals surface area contributed by atoms with Crippen LogP contribution in [0.1, 0.15) is 26.1 Å². The number of nitrogens with zero attached hydrogens (tertiary/aromatic N) is 1. The van der Waals surface area contributed by atoms with Crippen LogP contribution in [0.2, 0.25) is 0 Å². The summed E-state index contributed by atoms with van der Waals surface area (Å²) in [5.74, 6) is 0.691. The van der Waals surface area contributed by atoms with Crippen LogP contribution >= 0.6 is 0 Å². The van der Waals surface area contributed by atoms with Crippen molar-refractivity contribution in [3.63, 3.8) is 0 Å². The number of H-pyrrole nitrogens is 1. The number of nitrogens with one attached hydrogen (secondary N) is 2. The molecular weight excluding hydrogens is 208 g/mol. The highest BCUT2D eigenvalue weighted by Gasteiger charge is 2.07. The van der Waals surface area contributed by atoms with Crippen LogP contribution in [0.15, 0.2) is 10.9 Å². The quantitative estimate of drug-likeness (QED) is 0.655. The number of carbonyl (C=O) groups excluding carboxylic acids is 1. The lowest BCUT2D eigenvalue weighted by Crippen LogP contribution is -2.25. The molecule has 1 atom stereocenters. The minimum atomic E-state index is -0.388. The van der Waals surface area contributed by atoms with Crippen LogP contribution in [-0.2, 0) is 11.2 Å². The van der Waals surface area contributed by atoms with Crippen molar-refractivity contribution >= 4 is 11.7 Å². The molecule has 1 aromatic rings. The van der Waals surface area contributed by atoms with Crippen molar-refractivity contribution in [3.8, 4) is 0 Å². The Hall–Kier alpha value is -1.85. The largest absolute Gasteiger partial charge is 0.370 e. The second kappa shape index (κ2) is 5.29. The van der Waals surface area contributed by atoms with Gasteiger partial charge in [-0.15, -0.1) is 0 Å². The van der Waals surface area contributed by atoms with Gasteiger partial charge in [-0.1, -0.05) is 6.92 Å². The minimum Gasteiger partial charge on any atom is -0.370 e. The summed E-state index contributed by atoms with van der Waals surface area (Å²) in [6, 6.07) is 1.22. The van der Waals surface area contributed by atoms with E-state index in [-0.39, 0.29) is 23.9 Å². The summed E-state index contributed by atoms with van der Waals surface area (Å²) in [6.45, 7) is 3.70. The molecule has 1 unspecified atom stereocenters. The van der Waals surface area contributed by atoms with Crippen molar-refractivity contribution < 1.29 is 4.79 Å². The average Bonchev–Trinajstić information content (AvgIpc) is 2.14. The molecule has 1 rings (SSSR count). The summed E-state index contributed by atoms with van der Waals surface area (Å²) in [4.78, 5) is 28.7. The zero-order chi connectivity index (χ0) is 12.1. The van der Waals surface area contributed by atoms with E-state index in [4.69, 9.17) is 5.73 Å². The number of hydrogen-bond acceptors (Lipinski definition) is 4. The van der Waals surface area contributed by atoms with Crippen molar-refractivity contribution in [2.24, 2.45) is 5.73 Å². The highest BCUT2D eigenvalue weighted by atomic mass is 16.1. The van der Waals surface area contributed by atoms with Gasteiger partial charge in [0.25, 0.3) is 5.56 Å². The molecule has 0 aliphatic rings. The van der Waals surface area contributed by atoms with E-state index in [9.17, 15) is 9.59 Å². The molecule has 0 fully saturated rings. The van der Waals surface area contributed by atoms with E-state index >= 15 is 0 Å². The second-order valence-corrected chi connectivity index (χ2v) is 3.65. The molecule has 16 heavy (non-hydrogen) atoms. The van der Waals surface area contributed by atoms with Crippen molar-refractivity contribution in [3.05, 3.63) is 22.2 Å². The molecule has 1 aromatic heterocycles. The smallest absolute Gasteiger partial charge is 0.252 e. The summed E-state index contributed by atoms with van der Waals surface area (Å²) in [7, 11) is 0. The van der Waals surface area contributed by atoms with E-state index in [1.807, 2.05) is 6.92 Å². The third-order valence-corrected chi connectivity index (χ3v) is 2.03. The highest BCUT2D eigenvalue weighted by Crippen LogP contribution is 2.03. The van der Waals surface area contributed by atoms with Gasteiger partial charge in [0.15, 0.2) is 0 Å². The van der Waals surface area contributed by atoms with Crippen molar-refractivity contribution in [2.75, 3.05) is 5.32 Å². The monoisotopic (exact) mass is 224 g/mol. The molecule has 0 bridgehead atoms. The lowest BCUT2D eigenvalue weighted by molar-refractivity contribution is -0.118. The maximum absolute atomic E-state index is 11.2. The summed E-state index contributed by atoms with van der Waals surface area (Å²) >= 11 is 0. The standard InChI is InChI=1S/C10H16N4O2/c1-3-8-13-9(5-10(16)14-8)12-6(2)4-7(11)15/h5-6H,3-4H2,1-2H3,(H2,11,15)(H2,12,13,14,16). The summed E-state index contributed by atoms with van der Waals surface area (Å²) in [5, 5.41) is 2.96. The first-order valence-electron chi connectivity index (χ1n) is 5.16. The Morgan fingerprint density at radius 3 is 2.94 bits per heavy atom. The van der Waals surface area contributed by atoms with Crippen LogP contribution in [-0.4, -0.2) is 21.9 Å². The Morgan fingerprint density at radius 1 is 1.69 bits per heavy atom. The fourth-order valence-electron chi connectivity index (χ4n) is 1.35. The Kier molecular flexibility index (Phi) is 4.04. The molecule has 1 heterocycles. The lowest BCUT2D eigenvalue weighted by atomic mass is 10.2. The van der Waals surface area contributed by atoms with Gasteiger partial charge in [0.2, 0.25) is 5.91 Å². The number of amides is 1. The zero-order valence-corrected chi connectivity index (χ0v) is 9.41. The molecule has 0 spiro atoms. The number of aromatic amines is 1.